The van der Waals surface area contributed by atoms with E-state index in [1.165, 1.54) is 11.1 Å². The summed E-state index contributed by atoms with van der Waals surface area (Å²) < 4.78 is 11.5. The van der Waals surface area contributed by atoms with Gasteiger partial charge < -0.3 is 9.15 Å². The smallest absolute Gasteiger partial charge is 0.247 e. The van der Waals surface area contributed by atoms with Crippen molar-refractivity contribution in [2.45, 2.75) is 19.5 Å². The Labute approximate surface area is 164 Å². The second-order valence-corrected chi connectivity index (χ2v) is 7.46. The van der Waals surface area contributed by atoms with Crippen LogP contribution >= 0.6 is 0 Å². The molecule has 6 heteroatoms. The SMILES string of the molecule is c1ccc(-c2nnc(CN3CCN(Cc4ccc5c(c4)CCO5)CC3)o2)cc1. The predicted molar refractivity (Wildman–Crippen MR) is 106 cm³/mol. The number of hydrogen-bond acceptors (Lipinski definition) is 6. The molecule has 0 aliphatic carbocycles. The van der Waals surface area contributed by atoms with Gasteiger partial charge in [0, 0.05) is 44.7 Å². The van der Waals surface area contributed by atoms with E-state index in [9.17, 15) is 0 Å². The molecular formula is C22H24N4O2. The second kappa shape index (κ2) is 7.73. The molecule has 144 valence electrons. The number of nitrogens with zero attached hydrogens (tertiary/aromatic N) is 4. The van der Waals surface area contributed by atoms with Crippen molar-refractivity contribution in [3.63, 3.8) is 0 Å². The molecule has 28 heavy (non-hydrogen) atoms. The van der Waals surface area contributed by atoms with Gasteiger partial charge in [0.2, 0.25) is 11.8 Å². The van der Waals surface area contributed by atoms with Gasteiger partial charge in [0.05, 0.1) is 13.2 Å². The third kappa shape index (κ3) is 3.79. The zero-order chi connectivity index (χ0) is 18.8. The van der Waals surface area contributed by atoms with Crippen molar-refractivity contribution < 1.29 is 9.15 Å². The van der Waals surface area contributed by atoms with Crippen molar-refractivity contribution in [3.8, 4) is 17.2 Å². The largest absolute Gasteiger partial charge is 0.493 e. The molecule has 1 aromatic heterocycles. The molecule has 2 aliphatic rings. The molecule has 3 aromatic rings. The first-order valence-electron chi connectivity index (χ1n) is 9.91. The maximum atomic E-state index is 5.85. The number of piperazine rings is 1. The summed E-state index contributed by atoms with van der Waals surface area (Å²) in [6, 6.07) is 16.5. The molecule has 2 aliphatic heterocycles. The highest BCUT2D eigenvalue weighted by molar-refractivity contribution is 5.51. The lowest BCUT2D eigenvalue weighted by Crippen LogP contribution is -2.45. The lowest BCUT2D eigenvalue weighted by molar-refractivity contribution is 0.114. The first-order chi connectivity index (χ1) is 13.8. The molecule has 0 bridgehead atoms. The molecule has 0 spiro atoms. The normalized spacial score (nSPS) is 17.4. The Bertz CT molecular complexity index is 933. The molecule has 1 fully saturated rings. The molecule has 2 aromatic carbocycles. The van der Waals surface area contributed by atoms with Crippen LogP contribution < -0.4 is 4.74 Å². The fourth-order valence-corrected chi connectivity index (χ4v) is 3.91. The molecule has 0 N–H and O–H groups in total. The predicted octanol–water partition coefficient (Wildman–Crippen LogP) is 2.99. The Balaban J connectivity index is 1.14. The minimum Gasteiger partial charge on any atom is -0.493 e. The molecule has 0 radical (unpaired) electrons. The monoisotopic (exact) mass is 376 g/mol. The van der Waals surface area contributed by atoms with Gasteiger partial charge in [-0.15, -0.1) is 10.2 Å². The van der Waals surface area contributed by atoms with Crippen molar-refractivity contribution in [2.24, 2.45) is 0 Å². The first kappa shape index (κ1) is 17.4. The van der Waals surface area contributed by atoms with Gasteiger partial charge >= 0.3 is 0 Å². The molecule has 1 saturated heterocycles. The van der Waals surface area contributed by atoms with Crippen molar-refractivity contribution >= 4 is 0 Å². The van der Waals surface area contributed by atoms with Crippen LogP contribution in [0, 0.1) is 0 Å². The summed E-state index contributed by atoms with van der Waals surface area (Å²) in [6.45, 7) is 6.65. The van der Waals surface area contributed by atoms with Crippen molar-refractivity contribution in [3.05, 3.63) is 65.5 Å². The van der Waals surface area contributed by atoms with E-state index in [1.54, 1.807) is 0 Å². The average molecular weight is 376 g/mol. The van der Waals surface area contributed by atoms with Crippen LogP contribution in [0.25, 0.3) is 11.5 Å². The molecule has 0 saturated carbocycles. The molecule has 0 unspecified atom stereocenters. The lowest BCUT2D eigenvalue weighted by Gasteiger charge is -2.34. The maximum Gasteiger partial charge on any atom is 0.247 e. The van der Waals surface area contributed by atoms with E-state index < -0.39 is 0 Å². The zero-order valence-corrected chi connectivity index (χ0v) is 15.9. The maximum absolute atomic E-state index is 5.85. The van der Waals surface area contributed by atoms with E-state index in [4.69, 9.17) is 9.15 Å². The van der Waals surface area contributed by atoms with Crippen LogP contribution in [-0.2, 0) is 19.5 Å². The third-order valence-corrected chi connectivity index (χ3v) is 5.47. The number of fused-ring (bicyclic) bond motifs is 1. The minimum absolute atomic E-state index is 0.592. The van der Waals surface area contributed by atoms with Gasteiger partial charge in [0.25, 0.3) is 0 Å². The number of rotatable bonds is 5. The van der Waals surface area contributed by atoms with Crippen LogP contribution in [0.3, 0.4) is 0 Å². The van der Waals surface area contributed by atoms with Gasteiger partial charge in [-0.3, -0.25) is 9.80 Å². The molecular weight excluding hydrogens is 352 g/mol. The highest BCUT2D eigenvalue weighted by Gasteiger charge is 2.20. The van der Waals surface area contributed by atoms with Crippen molar-refractivity contribution in [1.82, 2.24) is 20.0 Å². The Morgan fingerprint density at radius 1 is 0.857 bits per heavy atom. The minimum atomic E-state index is 0.592. The number of hydrogen-bond donors (Lipinski definition) is 0. The Kier molecular flexibility index (Phi) is 4.81. The summed E-state index contributed by atoms with van der Waals surface area (Å²) in [6.07, 6.45) is 1.03. The summed E-state index contributed by atoms with van der Waals surface area (Å²) in [7, 11) is 0. The van der Waals surface area contributed by atoms with Crippen LogP contribution in [0.2, 0.25) is 0 Å². The zero-order valence-electron chi connectivity index (χ0n) is 15.9. The molecule has 3 heterocycles. The average Bonchev–Trinajstić information content (AvgIpc) is 3.39. The van der Waals surface area contributed by atoms with Gasteiger partial charge in [-0.05, 0) is 29.3 Å². The summed E-state index contributed by atoms with van der Waals surface area (Å²) in [5, 5.41) is 8.41. The van der Waals surface area contributed by atoms with E-state index in [1.807, 2.05) is 30.3 Å². The van der Waals surface area contributed by atoms with E-state index in [2.05, 4.69) is 38.2 Å². The van der Waals surface area contributed by atoms with E-state index >= 15 is 0 Å². The molecule has 5 rings (SSSR count). The van der Waals surface area contributed by atoms with Crippen LogP contribution in [0.1, 0.15) is 17.0 Å². The van der Waals surface area contributed by atoms with E-state index in [-0.39, 0.29) is 0 Å². The van der Waals surface area contributed by atoms with Crippen LogP contribution in [0.15, 0.2) is 52.9 Å². The topological polar surface area (TPSA) is 54.6 Å². The third-order valence-electron chi connectivity index (χ3n) is 5.47. The number of benzene rings is 2. The van der Waals surface area contributed by atoms with Crippen molar-refractivity contribution in [1.29, 1.82) is 0 Å². The highest BCUT2D eigenvalue weighted by Crippen LogP contribution is 2.26. The quantitative estimate of drug-likeness (QED) is 0.682. The van der Waals surface area contributed by atoms with E-state index in [0.29, 0.717) is 18.3 Å². The molecule has 0 amide bonds. The van der Waals surface area contributed by atoms with Gasteiger partial charge in [-0.2, -0.15) is 0 Å². The summed E-state index contributed by atoms with van der Waals surface area (Å²) >= 11 is 0. The van der Waals surface area contributed by atoms with Gasteiger partial charge in [-0.1, -0.05) is 30.3 Å². The summed E-state index contributed by atoms with van der Waals surface area (Å²) in [5.41, 5.74) is 3.69. The van der Waals surface area contributed by atoms with Crippen LogP contribution in [-0.4, -0.2) is 52.8 Å². The van der Waals surface area contributed by atoms with Gasteiger partial charge in [0.1, 0.15) is 5.75 Å². The van der Waals surface area contributed by atoms with Crippen LogP contribution in [0.5, 0.6) is 5.75 Å². The van der Waals surface area contributed by atoms with Gasteiger partial charge in [-0.25, -0.2) is 0 Å². The van der Waals surface area contributed by atoms with Gasteiger partial charge in [0.15, 0.2) is 0 Å². The Morgan fingerprint density at radius 2 is 1.64 bits per heavy atom. The number of ether oxygens (including phenoxy) is 1. The highest BCUT2D eigenvalue weighted by atomic mass is 16.5. The fraction of sp³-hybridized carbons (Fsp3) is 0.364. The fourth-order valence-electron chi connectivity index (χ4n) is 3.91. The van der Waals surface area contributed by atoms with Crippen molar-refractivity contribution in [2.75, 3.05) is 32.8 Å². The standard InChI is InChI=1S/C22H24N4O2/c1-2-4-18(5-3-1)22-24-23-21(28-22)16-26-11-9-25(10-12-26)15-17-6-7-20-19(14-17)8-13-27-20/h1-7,14H,8-13,15-16H2. The Hall–Kier alpha value is -2.70. The Morgan fingerprint density at radius 3 is 2.46 bits per heavy atom. The second-order valence-electron chi connectivity index (χ2n) is 7.46. The van der Waals surface area contributed by atoms with Crippen LogP contribution in [0.4, 0.5) is 0 Å². The van der Waals surface area contributed by atoms with E-state index in [0.717, 1.165) is 57.1 Å². The first-order valence-corrected chi connectivity index (χ1v) is 9.91. The lowest BCUT2D eigenvalue weighted by atomic mass is 10.1. The summed E-state index contributed by atoms with van der Waals surface area (Å²) in [5.74, 6) is 2.34. The summed E-state index contributed by atoms with van der Waals surface area (Å²) in [4.78, 5) is 4.90. The molecule has 6 nitrogen and oxygen atoms in total. The molecule has 0 atom stereocenters. The number of aromatic nitrogens is 2.